The lowest BCUT2D eigenvalue weighted by molar-refractivity contribution is 0.611. The predicted octanol–water partition coefficient (Wildman–Crippen LogP) is 3.01. The van der Waals surface area contributed by atoms with Gasteiger partial charge < -0.3 is 0 Å². The third kappa shape index (κ3) is 4.69. The first kappa shape index (κ1) is 12.6. The predicted molar refractivity (Wildman–Crippen MR) is 63.9 cm³/mol. The molecule has 0 aliphatic rings. The fourth-order valence-electron chi connectivity index (χ4n) is 1.21. The molecule has 0 spiro atoms. The van der Waals surface area contributed by atoms with Gasteiger partial charge in [0.15, 0.2) is 0 Å². The van der Waals surface area contributed by atoms with Gasteiger partial charge in [0.05, 0.1) is 5.75 Å². The molecule has 5 heteroatoms. The molecule has 15 heavy (non-hydrogen) atoms. The van der Waals surface area contributed by atoms with E-state index in [0.717, 1.165) is 5.56 Å². The van der Waals surface area contributed by atoms with Crippen LogP contribution in [0.25, 0.3) is 0 Å². The Morgan fingerprint density at radius 2 is 1.93 bits per heavy atom. The summed E-state index contributed by atoms with van der Waals surface area (Å²) in [5, 5.41) is 0.602. The Morgan fingerprint density at radius 3 is 2.47 bits per heavy atom. The molecule has 82 valence electrons. The van der Waals surface area contributed by atoms with Crippen LogP contribution in [0.3, 0.4) is 0 Å². The normalized spacial score (nSPS) is 11.3. The van der Waals surface area contributed by atoms with Crippen LogP contribution in [0.2, 0.25) is 5.02 Å². The molecular weight excluding hydrogens is 255 g/mol. The Bertz CT molecular complexity index is 466. The Balaban J connectivity index is 2.72. The molecule has 2 nitrogen and oxygen atoms in total. The van der Waals surface area contributed by atoms with E-state index in [1.54, 1.807) is 6.07 Å². The smallest absolute Gasteiger partial charge is 0.212 e. The van der Waals surface area contributed by atoms with Crippen LogP contribution >= 0.6 is 22.3 Å². The van der Waals surface area contributed by atoms with Gasteiger partial charge >= 0.3 is 0 Å². The summed E-state index contributed by atoms with van der Waals surface area (Å²) < 4.78 is 21.6. The topological polar surface area (TPSA) is 34.1 Å². The monoisotopic (exact) mass is 264 g/mol. The maximum Gasteiger partial charge on any atom is 0.236 e. The van der Waals surface area contributed by atoms with Gasteiger partial charge in [-0.2, -0.15) is 0 Å². The van der Waals surface area contributed by atoms with Crippen LogP contribution in [0.5, 0.6) is 0 Å². The van der Waals surface area contributed by atoms with Gasteiger partial charge in [-0.3, -0.25) is 0 Å². The van der Waals surface area contributed by atoms with Crippen molar-refractivity contribution in [1.29, 1.82) is 0 Å². The standard InChI is InChI=1S/C10H10Cl2O2S/c1-8(7-15(12,13)14)6-9-4-2-3-5-10(9)11/h2-5H,1,6-7H2. The Morgan fingerprint density at radius 1 is 1.33 bits per heavy atom. The van der Waals surface area contributed by atoms with Crippen LogP contribution in [-0.4, -0.2) is 14.2 Å². The molecule has 0 N–H and O–H groups in total. The molecule has 0 saturated carbocycles. The number of benzene rings is 1. The Kier molecular flexibility index (Phi) is 4.20. The van der Waals surface area contributed by atoms with Crippen molar-refractivity contribution in [3.63, 3.8) is 0 Å². The largest absolute Gasteiger partial charge is 0.236 e. The summed E-state index contributed by atoms with van der Waals surface area (Å²) in [5.74, 6) is -0.222. The van der Waals surface area contributed by atoms with Crippen molar-refractivity contribution < 1.29 is 8.42 Å². The Hall–Kier alpha value is -0.510. The van der Waals surface area contributed by atoms with E-state index in [9.17, 15) is 8.42 Å². The molecule has 0 heterocycles. The fraction of sp³-hybridized carbons (Fsp3) is 0.200. The zero-order valence-corrected chi connectivity index (χ0v) is 10.2. The molecule has 0 atom stereocenters. The number of halogens is 2. The third-order valence-corrected chi connectivity index (χ3v) is 3.22. The van der Waals surface area contributed by atoms with Gasteiger partial charge in [-0.25, -0.2) is 8.42 Å². The van der Waals surface area contributed by atoms with Crippen LogP contribution in [0.15, 0.2) is 36.4 Å². The first-order valence-corrected chi connectivity index (χ1v) is 7.06. The molecule has 0 radical (unpaired) electrons. The lowest BCUT2D eigenvalue weighted by atomic mass is 10.1. The van der Waals surface area contributed by atoms with E-state index in [2.05, 4.69) is 6.58 Å². The van der Waals surface area contributed by atoms with E-state index >= 15 is 0 Å². The molecule has 0 unspecified atom stereocenters. The minimum absolute atomic E-state index is 0.222. The molecule has 0 aliphatic carbocycles. The van der Waals surface area contributed by atoms with Crippen LogP contribution in [-0.2, 0) is 15.5 Å². The number of rotatable bonds is 4. The highest BCUT2D eigenvalue weighted by Gasteiger charge is 2.09. The van der Waals surface area contributed by atoms with E-state index < -0.39 is 9.05 Å². The molecule has 0 fully saturated rings. The van der Waals surface area contributed by atoms with Crippen LogP contribution in [0.4, 0.5) is 0 Å². The summed E-state index contributed by atoms with van der Waals surface area (Å²) in [7, 11) is 1.59. The highest BCUT2D eigenvalue weighted by atomic mass is 35.7. The second-order valence-corrected chi connectivity index (χ2v) is 6.39. The first-order valence-electron chi connectivity index (χ1n) is 4.21. The molecule has 0 saturated heterocycles. The molecule has 1 aromatic carbocycles. The number of hydrogen-bond acceptors (Lipinski definition) is 2. The van der Waals surface area contributed by atoms with Gasteiger partial charge in [-0.15, -0.1) is 0 Å². The van der Waals surface area contributed by atoms with Crippen molar-refractivity contribution in [1.82, 2.24) is 0 Å². The van der Waals surface area contributed by atoms with Crippen molar-refractivity contribution in [2.45, 2.75) is 6.42 Å². The lowest BCUT2D eigenvalue weighted by Gasteiger charge is -2.05. The molecule has 0 amide bonds. The van der Waals surface area contributed by atoms with Gasteiger partial charge in [0.1, 0.15) is 0 Å². The summed E-state index contributed by atoms with van der Waals surface area (Å²) >= 11 is 5.92. The second-order valence-electron chi connectivity index (χ2n) is 3.20. The van der Waals surface area contributed by atoms with Gasteiger partial charge in [0.25, 0.3) is 0 Å². The Labute approximate surface area is 98.9 Å². The summed E-state index contributed by atoms with van der Waals surface area (Å²) in [6.07, 6.45) is 0.422. The maximum atomic E-state index is 10.8. The van der Waals surface area contributed by atoms with Gasteiger partial charge in [0, 0.05) is 15.7 Å². The van der Waals surface area contributed by atoms with Gasteiger partial charge in [-0.05, 0) is 18.1 Å². The third-order valence-electron chi connectivity index (χ3n) is 1.77. The van der Waals surface area contributed by atoms with Crippen LogP contribution in [0, 0.1) is 0 Å². The van der Waals surface area contributed by atoms with E-state index in [1.165, 1.54) is 0 Å². The summed E-state index contributed by atoms with van der Waals surface area (Å²) in [4.78, 5) is 0. The van der Waals surface area contributed by atoms with Gasteiger partial charge in [0.2, 0.25) is 9.05 Å². The molecule has 0 aromatic heterocycles. The summed E-state index contributed by atoms with van der Waals surface area (Å²) in [6.45, 7) is 3.65. The quantitative estimate of drug-likeness (QED) is 0.619. The molecular formula is C10H10Cl2O2S. The maximum absolute atomic E-state index is 10.8. The average molecular weight is 265 g/mol. The zero-order valence-electron chi connectivity index (χ0n) is 7.91. The van der Waals surface area contributed by atoms with E-state index in [4.69, 9.17) is 22.3 Å². The zero-order chi connectivity index (χ0) is 11.5. The van der Waals surface area contributed by atoms with E-state index in [1.807, 2.05) is 18.2 Å². The van der Waals surface area contributed by atoms with Crippen molar-refractivity contribution in [2.75, 3.05) is 5.75 Å². The minimum Gasteiger partial charge on any atom is -0.212 e. The van der Waals surface area contributed by atoms with E-state index in [0.29, 0.717) is 17.0 Å². The highest BCUT2D eigenvalue weighted by molar-refractivity contribution is 8.13. The lowest BCUT2D eigenvalue weighted by Crippen LogP contribution is -2.02. The van der Waals surface area contributed by atoms with Crippen molar-refractivity contribution in [3.05, 3.63) is 47.0 Å². The SMILES string of the molecule is C=C(Cc1ccccc1Cl)CS(=O)(=O)Cl. The highest BCUT2D eigenvalue weighted by Crippen LogP contribution is 2.19. The molecule has 0 bridgehead atoms. The first-order chi connectivity index (χ1) is 6.88. The van der Waals surface area contributed by atoms with Crippen LogP contribution in [0.1, 0.15) is 5.56 Å². The average Bonchev–Trinajstić information content (AvgIpc) is 2.05. The summed E-state index contributed by atoms with van der Waals surface area (Å²) in [6, 6.07) is 7.23. The molecule has 1 rings (SSSR count). The van der Waals surface area contributed by atoms with Gasteiger partial charge in [-0.1, -0.05) is 42.0 Å². The minimum atomic E-state index is -3.53. The summed E-state index contributed by atoms with van der Waals surface area (Å²) in [5.41, 5.74) is 1.38. The van der Waals surface area contributed by atoms with Crippen molar-refractivity contribution in [2.24, 2.45) is 0 Å². The second kappa shape index (κ2) is 5.01. The van der Waals surface area contributed by atoms with E-state index in [-0.39, 0.29) is 5.75 Å². The molecule has 0 aliphatic heterocycles. The van der Waals surface area contributed by atoms with Crippen molar-refractivity contribution >= 4 is 31.3 Å². The van der Waals surface area contributed by atoms with Crippen LogP contribution < -0.4 is 0 Å². The van der Waals surface area contributed by atoms with Crippen molar-refractivity contribution in [3.8, 4) is 0 Å². The fourth-order valence-corrected chi connectivity index (χ4v) is 2.46. The number of hydrogen-bond donors (Lipinski definition) is 0. The molecule has 1 aromatic rings.